The van der Waals surface area contributed by atoms with Gasteiger partial charge in [-0.3, -0.25) is 0 Å². The minimum Gasteiger partial charge on any atom is -0.383 e. The Morgan fingerprint density at radius 1 is 1.10 bits per heavy atom. The molecule has 0 bridgehead atoms. The molecule has 2 nitrogen and oxygen atoms in total. The van der Waals surface area contributed by atoms with E-state index in [1.165, 1.54) is 11.1 Å². The van der Waals surface area contributed by atoms with Crippen LogP contribution < -0.4 is 5.32 Å². The van der Waals surface area contributed by atoms with E-state index in [1.807, 2.05) is 0 Å². The second kappa shape index (κ2) is 8.98. The van der Waals surface area contributed by atoms with Crippen molar-refractivity contribution in [2.24, 2.45) is 0 Å². The van der Waals surface area contributed by atoms with E-state index in [-0.39, 0.29) is 0 Å². The molecular formula is C18H22BrNO. The van der Waals surface area contributed by atoms with Gasteiger partial charge >= 0.3 is 0 Å². The van der Waals surface area contributed by atoms with E-state index in [1.54, 1.807) is 7.11 Å². The summed E-state index contributed by atoms with van der Waals surface area (Å²) in [4.78, 5) is 0. The van der Waals surface area contributed by atoms with Crippen LogP contribution in [0.4, 0.5) is 0 Å². The van der Waals surface area contributed by atoms with Gasteiger partial charge < -0.3 is 10.1 Å². The van der Waals surface area contributed by atoms with Crippen LogP contribution in [0.15, 0.2) is 59.1 Å². The predicted octanol–water partition coefficient (Wildman–Crippen LogP) is 4.01. The van der Waals surface area contributed by atoms with Crippen molar-refractivity contribution in [2.75, 3.05) is 26.8 Å². The van der Waals surface area contributed by atoms with Crippen LogP contribution in [0.2, 0.25) is 0 Å². The van der Waals surface area contributed by atoms with Gasteiger partial charge in [0, 0.05) is 30.6 Å². The Bertz CT molecular complexity index is 530. The predicted molar refractivity (Wildman–Crippen MR) is 91.8 cm³/mol. The van der Waals surface area contributed by atoms with Crippen molar-refractivity contribution in [3.8, 4) is 0 Å². The highest BCUT2D eigenvalue weighted by Crippen LogP contribution is 2.23. The summed E-state index contributed by atoms with van der Waals surface area (Å²) in [6.45, 7) is 2.58. The van der Waals surface area contributed by atoms with Gasteiger partial charge in [0.1, 0.15) is 0 Å². The Labute approximate surface area is 135 Å². The molecule has 0 aliphatic carbocycles. The number of ether oxygens (including phenoxy) is 1. The van der Waals surface area contributed by atoms with E-state index < -0.39 is 0 Å². The minimum absolute atomic E-state index is 0.460. The first kappa shape index (κ1) is 16.2. The van der Waals surface area contributed by atoms with Crippen LogP contribution >= 0.6 is 15.9 Å². The van der Waals surface area contributed by atoms with Crippen molar-refractivity contribution < 1.29 is 4.74 Å². The average molecular weight is 348 g/mol. The summed E-state index contributed by atoms with van der Waals surface area (Å²) in [6.07, 6.45) is 1.04. The number of benzene rings is 2. The molecule has 2 aromatic rings. The molecule has 0 spiro atoms. The average Bonchev–Trinajstić information content (AvgIpc) is 2.51. The number of methoxy groups -OCH3 is 1. The molecule has 1 N–H and O–H groups in total. The molecule has 1 unspecified atom stereocenters. The third kappa shape index (κ3) is 5.62. The van der Waals surface area contributed by atoms with Gasteiger partial charge in [-0.2, -0.15) is 0 Å². The van der Waals surface area contributed by atoms with Crippen molar-refractivity contribution in [2.45, 2.75) is 12.3 Å². The zero-order valence-electron chi connectivity index (χ0n) is 12.4. The highest BCUT2D eigenvalue weighted by atomic mass is 79.9. The van der Waals surface area contributed by atoms with Crippen molar-refractivity contribution >= 4 is 15.9 Å². The van der Waals surface area contributed by atoms with Crippen LogP contribution in [0.5, 0.6) is 0 Å². The molecule has 0 radical (unpaired) electrons. The molecule has 2 aromatic carbocycles. The van der Waals surface area contributed by atoms with Crippen LogP contribution in [0, 0.1) is 0 Å². The van der Waals surface area contributed by atoms with Crippen LogP contribution in [-0.4, -0.2) is 26.8 Å². The standard InChI is InChI=1S/C18H22BrNO/c1-21-11-10-20-14-17(12-15-6-3-2-4-7-15)16-8-5-9-18(19)13-16/h2-9,13,17,20H,10-12,14H2,1H3. The van der Waals surface area contributed by atoms with Gasteiger partial charge in [-0.1, -0.05) is 58.4 Å². The van der Waals surface area contributed by atoms with Gasteiger partial charge in [-0.15, -0.1) is 0 Å². The third-order valence-electron chi connectivity index (χ3n) is 3.52. The fourth-order valence-electron chi connectivity index (χ4n) is 2.42. The highest BCUT2D eigenvalue weighted by Gasteiger charge is 2.12. The van der Waals surface area contributed by atoms with Crippen LogP contribution in [0.1, 0.15) is 17.0 Å². The van der Waals surface area contributed by atoms with Crippen LogP contribution in [-0.2, 0) is 11.2 Å². The topological polar surface area (TPSA) is 21.3 Å². The van der Waals surface area contributed by atoms with E-state index in [2.05, 4.69) is 75.8 Å². The molecule has 0 aliphatic rings. The maximum absolute atomic E-state index is 5.10. The number of halogens is 1. The Morgan fingerprint density at radius 3 is 2.62 bits per heavy atom. The SMILES string of the molecule is COCCNCC(Cc1ccccc1)c1cccc(Br)c1. The summed E-state index contributed by atoms with van der Waals surface area (Å²) < 4.78 is 6.23. The van der Waals surface area contributed by atoms with Gasteiger partial charge in [0.25, 0.3) is 0 Å². The molecule has 112 valence electrons. The fourth-order valence-corrected chi connectivity index (χ4v) is 2.83. The maximum atomic E-state index is 5.10. The van der Waals surface area contributed by atoms with Gasteiger partial charge in [0.05, 0.1) is 6.61 Å². The quantitative estimate of drug-likeness (QED) is 0.728. The van der Waals surface area contributed by atoms with E-state index in [4.69, 9.17) is 4.74 Å². The van der Waals surface area contributed by atoms with Crippen LogP contribution in [0.25, 0.3) is 0 Å². The van der Waals surface area contributed by atoms with Crippen molar-refractivity contribution in [3.05, 3.63) is 70.2 Å². The lowest BCUT2D eigenvalue weighted by molar-refractivity contribution is 0.199. The summed E-state index contributed by atoms with van der Waals surface area (Å²) >= 11 is 3.57. The van der Waals surface area contributed by atoms with E-state index in [0.717, 1.165) is 30.6 Å². The number of hydrogen-bond donors (Lipinski definition) is 1. The second-order valence-electron chi connectivity index (χ2n) is 5.14. The summed E-state index contributed by atoms with van der Waals surface area (Å²) in [5.74, 6) is 0.460. The van der Waals surface area contributed by atoms with Crippen molar-refractivity contribution in [3.63, 3.8) is 0 Å². The molecule has 0 aliphatic heterocycles. The molecule has 0 saturated carbocycles. The van der Waals surface area contributed by atoms with Gasteiger partial charge in [0.15, 0.2) is 0 Å². The molecular weight excluding hydrogens is 326 g/mol. The molecule has 1 atom stereocenters. The summed E-state index contributed by atoms with van der Waals surface area (Å²) in [6, 6.07) is 19.3. The summed E-state index contributed by atoms with van der Waals surface area (Å²) in [5.41, 5.74) is 2.73. The van der Waals surface area contributed by atoms with Crippen molar-refractivity contribution in [1.29, 1.82) is 0 Å². The highest BCUT2D eigenvalue weighted by molar-refractivity contribution is 9.10. The molecule has 0 amide bonds. The Kier molecular flexibility index (Phi) is 6.93. The zero-order valence-corrected chi connectivity index (χ0v) is 14.0. The second-order valence-corrected chi connectivity index (χ2v) is 6.05. The first-order chi connectivity index (χ1) is 10.3. The van der Waals surface area contributed by atoms with Gasteiger partial charge in [-0.25, -0.2) is 0 Å². The van der Waals surface area contributed by atoms with Gasteiger partial charge in [-0.05, 0) is 29.7 Å². The number of hydrogen-bond acceptors (Lipinski definition) is 2. The van der Waals surface area contributed by atoms with Crippen molar-refractivity contribution in [1.82, 2.24) is 5.32 Å². The lowest BCUT2D eigenvalue weighted by Crippen LogP contribution is -2.26. The Hall–Kier alpha value is -1.16. The van der Waals surface area contributed by atoms with Crippen LogP contribution in [0.3, 0.4) is 0 Å². The monoisotopic (exact) mass is 347 g/mol. The summed E-state index contributed by atoms with van der Waals surface area (Å²) in [5, 5.41) is 3.48. The molecule has 0 heterocycles. The lowest BCUT2D eigenvalue weighted by atomic mass is 9.92. The first-order valence-electron chi connectivity index (χ1n) is 7.28. The largest absolute Gasteiger partial charge is 0.383 e. The molecule has 2 rings (SSSR count). The zero-order chi connectivity index (χ0) is 14.9. The molecule has 0 fully saturated rings. The smallest absolute Gasteiger partial charge is 0.0587 e. The molecule has 21 heavy (non-hydrogen) atoms. The van der Waals surface area contributed by atoms with E-state index in [0.29, 0.717) is 5.92 Å². The Morgan fingerprint density at radius 2 is 1.90 bits per heavy atom. The summed E-state index contributed by atoms with van der Waals surface area (Å²) in [7, 11) is 1.73. The normalized spacial score (nSPS) is 12.3. The Balaban J connectivity index is 2.06. The fraction of sp³-hybridized carbons (Fsp3) is 0.333. The first-order valence-corrected chi connectivity index (χ1v) is 8.08. The molecule has 0 saturated heterocycles. The maximum Gasteiger partial charge on any atom is 0.0587 e. The lowest BCUT2D eigenvalue weighted by Gasteiger charge is -2.19. The molecule has 0 aromatic heterocycles. The number of rotatable bonds is 8. The molecule has 3 heteroatoms. The minimum atomic E-state index is 0.460. The number of nitrogens with one attached hydrogen (secondary N) is 1. The van der Waals surface area contributed by atoms with E-state index in [9.17, 15) is 0 Å². The third-order valence-corrected chi connectivity index (χ3v) is 4.01. The van der Waals surface area contributed by atoms with Gasteiger partial charge in [0.2, 0.25) is 0 Å². The van der Waals surface area contributed by atoms with E-state index >= 15 is 0 Å².